The van der Waals surface area contributed by atoms with Crippen LogP contribution in [0.1, 0.15) is 17.2 Å². The Bertz CT molecular complexity index is 1020. The van der Waals surface area contributed by atoms with Crippen molar-refractivity contribution < 1.29 is 14.3 Å². The predicted molar refractivity (Wildman–Crippen MR) is 126 cm³/mol. The highest BCUT2D eigenvalue weighted by Gasteiger charge is 2.31. The lowest BCUT2D eigenvalue weighted by Crippen LogP contribution is -2.45. The minimum Gasteiger partial charge on any atom is -0.484 e. The summed E-state index contributed by atoms with van der Waals surface area (Å²) in [6, 6.07) is 24.7. The van der Waals surface area contributed by atoms with Gasteiger partial charge in [0.2, 0.25) is 5.91 Å². The molecule has 0 saturated heterocycles. The summed E-state index contributed by atoms with van der Waals surface area (Å²) in [5.74, 6) is -0.0239. The maximum absolute atomic E-state index is 13.4. The smallest absolute Gasteiger partial charge is 0.261 e. The lowest BCUT2D eigenvalue weighted by Gasteiger charge is -2.31. The van der Waals surface area contributed by atoms with Crippen molar-refractivity contribution >= 4 is 23.4 Å². The molecular formula is C26H25ClN2O3. The molecule has 2 amide bonds. The van der Waals surface area contributed by atoms with Crippen LogP contribution in [0.15, 0.2) is 97.6 Å². The third-order valence-corrected chi connectivity index (χ3v) is 5.04. The molecule has 0 heterocycles. The molecule has 3 aromatic carbocycles. The Morgan fingerprint density at radius 1 is 0.969 bits per heavy atom. The fraction of sp³-hybridized carbons (Fsp3) is 0.154. The Labute approximate surface area is 193 Å². The first-order chi connectivity index (χ1) is 15.6. The van der Waals surface area contributed by atoms with Crippen LogP contribution in [-0.2, 0) is 16.1 Å². The molecule has 3 rings (SSSR count). The van der Waals surface area contributed by atoms with Crippen LogP contribution in [0.2, 0.25) is 5.02 Å². The first-order valence-electron chi connectivity index (χ1n) is 10.2. The molecule has 1 atom stereocenters. The van der Waals surface area contributed by atoms with Crippen LogP contribution >= 0.6 is 11.6 Å². The van der Waals surface area contributed by atoms with E-state index in [1.807, 2.05) is 60.7 Å². The maximum Gasteiger partial charge on any atom is 0.261 e. The topological polar surface area (TPSA) is 58.6 Å². The van der Waals surface area contributed by atoms with Crippen molar-refractivity contribution in [3.05, 3.63) is 114 Å². The van der Waals surface area contributed by atoms with Crippen LogP contribution in [0.5, 0.6) is 5.75 Å². The minimum atomic E-state index is -0.835. The second-order valence-corrected chi connectivity index (χ2v) is 7.53. The zero-order valence-electron chi connectivity index (χ0n) is 17.6. The fourth-order valence-corrected chi connectivity index (χ4v) is 3.36. The van der Waals surface area contributed by atoms with E-state index in [-0.39, 0.29) is 25.0 Å². The molecule has 0 radical (unpaired) electrons. The van der Waals surface area contributed by atoms with Crippen LogP contribution in [0.25, 0.3) is 0 Å². The Hall–Kier alpha value is -3.57. The Balaban J connectivity index is 1.92. The van der Waals surface area contributed by atoms with Gasteiger partial charge in [0.15, 0.2) is 6.61 Å². The third kappa shape index (κ3) is 6.46. The third-order valence-electron chi connectivity index (χ3n) is 4.79. The van der Waals surface area contributed by atoms with Gasteiger partial charge in [-0.25, -0.2) is 0 Å². The first-order valence-corrected chi connectivity index (χ1v) is 10.6. The van der Waals surface area contributed by atoms with E-state index in [0.29, 0.717) is 22.9 Å². The molecule has 1 N–H and O–H groups in total. The SMILES string of the molecule is C=CCNC(=O)[C@@H](c1ccccc1)N(Cc1ccc(Cl)cc1)C(=O)COc1ccccc1. The highest BCUT2D eigenvalue weighted by atomic mass is 35.5. The number of nitrogens with one attached hydrogen (secondary N) is 1. The van der Waals surface area contributed by atoms with Crippen LogP contribution in [0.4, 0.5) is 0 Å². The molecule has 0 spiro atoms. The molecule has 164 valence electrons. The van der Waals surface area contributed by atoms with Gasteiger partial charge < -0.3 is 15.0 Å². The Kier molecular flexibility index (Phi) is 8.46. The van der Waals surface area contributed by atoms with Gasteiger partial charge in [-0.3, -0.25) is 9.59 Å². The summed E-state index contributed by atoms with van der Waals surface area (Å²) in [5, 5.41) is 3.42. The van der Waals surface area contributed by atoms with Crippen LogP contribution in [0.3, 0.4) is 0 Å². The van der Waals surface area contributed by atoms with Gasteiger partial charge in [0, 0.05) is 18.1 Å². The van der Waals surface area contributed by atoms with Crippen molar-refractivity contribution in [3.8, 4) is 5.75 Å². The quantitative estimate of drug-likeness (QED) is 0.453. The van der Waals surface area contributed by atoms with Crippen LogP contribution < -0.4 is 10.1 Å². The monoisotopic (exact) mass is 448 g/mol. The molecule has 6 heteroatoms. The predicted octanol–water partition coefficient (Wildman–Crippen LogP) is 4.79. The number of carbonyl (C=O) groups excluding carboxylic acids is 2. The van der Waals surface area contributed by atoms with Gasteiger partial charge in [-0.15, -0.1) is 6.58 Å². The number of para-hydroxylation sites is 1. The molecule has 0 fully saturated rings. The fourth-order valence-electron chi connectivity index (χ4n) is 3.23. The average molecular weight is 449 g/mol. The van der Waals surface area contributed by atoms with Crippen molar-refractivity contribution in [1.82, 2.24) is 10.2 Å². The zero-order valence-corrected chi connectivity index (χ0v) is 18.4. The number of nitrogens with zero attached hydrogens (tertiary/aromatic N) is 1. The summed E-state index contributed by atoms with van der Waals surface area (Å²) in [6.45, 7) is 3.97. The van der Waals surface area contributed by atoms with Crippen molar-refractivity contribution in [2.45, 2.75) is 12.6 Å². The molecule has 3 aromatic rings. The number of hydrogen-bond acceptors (Lipinski definition) is 3. The summed E-state index contributed by atoms with van der Waals surface area (Å²) in [4.78, 5) is 28.0. The number of amides is 2. The van der Waals surface area contributed by atoms with Gasteiger partial charge in [0.25, 0.3) is 5.91 Å². The summed E-state index contributed by atoms with van der Waals surface area (Å²) in [7, 11) is 0. The van der Waals surface area contributed by atoms with E-state index < -0.39 is 6.04 Å². The highest BCUT2D eigenvalue weighted by molar-refractivity contribution is 6.30. The van der Waals surface area contributed by atoms with E-state index >= 15 is 0 Å². The molecule has 0 saturated carbocycles. The molecule has 0 bridgehead atoms. The molecular weight excluding hydrogens is 424 g/mol. The average Bonchev–Trinajstić information content (AvgIpc) is 2.83. The van der Waals surface area contributed by atoms with Gasteiger partial charge in [-0.1, -0.05) is 78.3 Å². The van der Waals surface area contributed by atoms with Gasteiger partial charge in [0.1, 0.15) is 11.8 Å². The first kappa shape index (κ1) is 23.1. The molecule has 32 heavy (non-hydrogen) atoms. The largest absolute Gasteiger partial charge is 0.484 e. The summed E-state index contributed by atoms with van der Waals surface area (Å²) < 4.78 is 5.69. The van der Waals surface area contributed by atoms with Gasteiger partial charge in [-0.05, 0) is 35.4 Å². The standard InChI is InChI=1S/C26H25ClN2O3/c1-2-17-28-26(31)25(21-9-5-3-6-10-21)29(18-20-13-15-22(27)16-14-20)24(30)19-32-23-11-7-4-8-12-23/h2-16,25H,1,17-19H2,(H,28,31)/t25-/m1/s1. The number of rotatable bonds is 10. The normalized spacial score (nSPS) is 11.3. The minimum absolute atomic E-state index is 0.199. The van der Waals surface area contributed by atoms with Gasteiger partial charge in [-0.2, -0.15) is 0 Å². The van der Waals surface area contributed by atoms with Crippen molar-refractivity contribution in [3.63, 3.8) is 0 Å². The van der Waals surface area contributed by atoms with Crippen LogP contribution in [0, 0.1) is 0 Å². The van der Waals surface area contributed by atoms with E-state index in [4.69, 9.17) is 16.3 Å². The number of carbonyl (C=O) groups is 2. The van der Waals surface area contributed by atoms with Gasteiger partial charge >= 0.3 is 0 Å². The maximum atomic E-state index is 13.4. The van der Waals surface area contributed by atoms with Crippen molar-refractivity contribution in [2.24, 2.45) is 0 Å². The van der Waals surface area contributed by atoms with E-state index in [9.17, 15) is 9.59 Å². The Morgan fingerprint density at radius 3 is 2.22 bits per heavy atom. The zero-order chi connectivity index (χ0) is 22.8. The van der Waals surface area contributed by atoms with Crippen LogP contribution in [-0.4, -0.2) is 29.9 Å². The second kappa shape index (κ2) is 11.7. The Morgan fingerprint density at radius 2 is 1.59 bits per heavy atom. The molecule has 0 aliphatic carbocycles. The van der Waals surface area contributed by atoms with Crippen molar-refractivity contribution in [2.75, 3.05) is 13.2 Å². The van der Waals surface area contributed by atoms with E-state index in [1.54, 1.807) is 30.3 Å². The molecule has 5 nitrogen and oxygen atoms in total. The van der Waals surface area contributed by atoms with Gasteiger partial charge in [0.05, 0.1) is 0 Å². The number of hydrogen-bond donors (Lipinski definition) is 1. The summed E-state index contributed by atoms with van der Waals surface area (Å²) in [5.41, 5.74) is 1.55. The number of benzene rings is 3. The van der Waals surface area contributed by atoms with E-state index in [2.05, 4.69) is 11.9 Å². The second-order valence-electron chi connectivity index (χ2n) is 7.10. The molecule has 0 aliphatic rings. The summed E-state index contributed by atoms with van der Waals surface area (Å²) in [6.07, 6.45) is 1.60. The molecule has 0 unspecified atom stereocenters. The highest BCUT2D eigenvalue weighted by Crippen LogP contribution is 2.25. The lowest BCUT2D eigenvalue weighted by molar-refractivity contribution is -0.143. The lowest BCUT2D eigenvalue weighted by atomic mass is 10.0. The van der Waals surface area contributed by atoms with E-state index in [1.165, 1.54) is 4.90 Å². The number of halogens is 1. The van der Waals surface area contributed by atoms with E-state index in [0.717, 1.165) is 5.56 Å². The van der Waals surface area contributed by atoms with Crippen molar-refractivity contribution in [1.29, 1.82) is 0 Å². The number of ether oxygens (including phenoxy) is 1. The molecule has 0 aromatic heterocycles. The molecule has 0 aliphatic heterocycles. The summed E-state index contributed by atoms with van der Waals surface area (Å²) >= 11 is 6.02.